The van der Waals surface area contributed by atoms with Gasteiger partial charge in [0, 0.05) is 5.57 Å². The van der Waals surface area contributed by atoms with E-state index in [1.807, 2.05) is 18.4 Å². The smallest absolute Gasteiger partial charge is 0.0957 e. The maximum atomic E-state index is 4.95. The minimum Gasteiger partial charge on any atom is -0.472 e. The van der Waals surface area contributed by atoms with Gasteiger partial charge in [0.2, 0.25) is 0 Å². The van der Waals surface area contributed by atoms with Crippen LogP contribution in [0, 0.1) is 0 Å². The summed E-state index contributed by atoms with van der Waals surface area (Å²) in [4.78, 5) is 0. The highest BCUT2D eigenvalue weighted by atomic mass is 16.5. The van der Waals surface area contributed by atoms with Crippen LogP contribution in [0.5, 0.6) is 0 Å². The van der Waals surface area contributed by atoms with Crippen molar-refractivity contribution in [2.24, 2.45) is 0 Å². The van der Waals surface area contributed by atoms with E-state index in [9.17, 15) is 0 Å². The van der Waals surface area contributed by atoms with E-state index < -0.39 is 0 Å². The van der Waals surface area contributed by atoms with E-state index in [1.165, 1.54) is 5.57 Å². The summed E-state index contributed by atoms with van der Waals surface area (Å²) in [5.41, 5.74) is 1.19. The van der Waals surface area contributed by atoms with Crippen molar-refractivity contribution in [2.75, 3.05) is 0 Å². The standard InChI is InChI=1S/C7H7NO/c1-3-8-7-2-4-9-5-6(1)7/h1-5,7-8H. The lowest BCUT2D eigenvalue weighted by molar-refractivity contribution is 0.384. The molecule has 2 aliphatic rings. The molecule has 1 atom stereocenters. The van der Waals surface area contributed by atoms with Crippen molar-refractivity contribution in [3.8, 4) is 0 Å². The fourth-order valence-electron chi connectivity index (χ4n) is 0.969. The third-order valence-corrected chi connectivity index (χ3v) is 1.46. The number of nitrogens with one attached hydrogen (secondary N) is 1. The normalized spacial score (nSPS) is 28.4. The minimum atomic E-state index is 0.360. The zero-order valence-electron chi connectivity index (χ0n) is 4.87. The molecule has 0 fully saturated rings. The molecule has 2 heterocycles. The SMILES string of the molecule is C1=CC2=COC=CC2N1. The Labute approximate surface area is 53.5 Å². The first kappa shape index (κ1) is 4.68. The Morgan fingerprint density at radius 2 is 2.56 bits per heavy atom. The minimum absolute atomic E-state index is 0.360. The third kappa shape index (κ3) is 0.633. The van der Waals surface area contributed by atoms with Crippen molar-refractivity contribution in [2.45, 2.75) is 6.04 Å². The summed E-state index contributed by atoms with van der Waals surface area (Å²) < 4.78 is 4.95. The first-order valence-electron chi connectivity index (χ1n) is 2.91. The molecule has 0 aromatic carbocycles. The molecule has 2 heteroatoms. The number of rotatable bonds is 0. The molecule has 0 aromatic heterocycles. The van der Waals surface area contributed by atoms with Gasteiger partial charge in [-0.3, -0.25) is 0 Å². The Morgan fingerprint density at radius 3 is 3.44 bits per heavy atom. The fourth-order valence-corrected chi connectivity index (χ4v) is 0.969. The highest BCUT2D eigenvalue weighted by Gasteiger charge is 2.14. The summed E-state index contributed by atoms with van der Waals surface area (Å²) in [6.07, 6.45) is 9.36. The second-order valence-electron chi connectivity index (χ2n) is 2.06. The molecule has 0 saturated heterocycles. The molecule has 0 aliphatic carbocycles. The Morgan fingerprint density at radius 1 is 1.56 bits per heavy atom. The van der Waals surface area contributed by atoms with E-state index >= 15 is 0 Å². The quantitative estimate of drug-likeness (QED) is 0.514. The van der Waals surface area contributed by atoms with Crippen LogP contribution in [-0.4, -0.2) is 6.04 Å². The first-order chi connectivity index (χ1) is 4.47. The monoisotopic (exact) mass is 121 g/mol. The molecule has 0 spiro atoms. The van der Waals surface area contributed by atoms with Gasteiger partial charge in [-0.15, -0.1) is 0 Å². The van der Waals surface area contributed by atoms with Gasteiger partial charge in [-0.05, 0) is 18.4 Å². The van der Waals surface area contributed by atoms with Crippen LogP contribution in [0.3, 0.4) is 0 Å². The maximum Gasteiger partial charge on any atom is 0.0957 e. The van der Waals surface area contributed by atoms with E-state index in [0.29, 0.717) is 6.04 Å². The van der Waals surface area contributed by atoms with E-state index in [1.54, 1.807) is 12.5 Å². The molecule has 0 saturated carbocycles. The van der Waals surface area contributed by atoms with E-state index in [2.05, 4.69) is 5.32 Å². The molecule has 1 unspecified atom stereocenters. The lowest BCUT2D eigenvalue weighted by Gasteiger charge is -2.10. The van der Waals surface area contributed by atoms with Gasteiger partial charge >= 0.3 is 0 Å². The molecule has 0 radical (unpaired) electrons. The first-order valence-corrected chi connectivity index (χ1v) is 2.91. The lowest BCUT2D eigenvalue weighted by Crippen LogP contribution is -2.19. The van der Waals surface area contributed by atoms with Crippen molar-refractivity contribution in [3.05, 3.63) is 36.4 Å². The van der Waals surface area contributed by atoms with Crippen LogP contribution in [-0.2, 0) is 4.74 Å². The average Bonchev–Trinajstić information content (AvgIpc) is 2.33. The molecule has 1 N–H and O–H groups in total. The Bertz CT molecular complexity index is 203. The van der Waals surface area contributed by atoms with Gasteiger partial charge < -0.3 is 10.1 Å². The van der Waals surface area contributed by atoms with Crippen LogP contribution in [0.1, 0.15) is 0 Å². The number of hydrogen-bond donors (Lipinski definition) is 1. The molecule has 2 rings (SSSR count). The highest BCUT2D eigenvalue weighted by molar-refractivity contribution is 5.34. The van der Waals surface area contributed by atoms with Crippen LogP contribution in [0.4, 0.5) is 0 Å². The van der Waals surface area contributed by atoms with Crippen LogP contribution >= 0.6 is 0 Å². The molecule has 9 heavy (non-hydrogen) atoms. The lowest BCUT2D eigenvalue weighted by atomic mass is 10.1. The van der Waals surface area contributed by atoms with Gasteiger partial charge in [-0.2, -0.15) is 0 Å². The van der Waals surface area contributed by atoms with Crippen LogP contribution in [0.15, 0.2) is 36.4 Å². The summed E-state index contributed by atoms with van der Waals surface area (Å²) in [5.74, 6) is 0. The molecule has 0 bridgehead atoms. The largest absolute Gasteiger partial charge is 0.472 e. The fraction of sp³-hybridized carbons (Fsp3) is 0.143. The van der Waals surface area contributed by atoms with E-state index in [-0.39, 0.29) is 0 Å². The summed E-state index contributed by atoms with van der Waals surface area (Å²) in [6.45, 7) is 0. The summed E-state index contributed by atoms with van der Waals surface area (Å²) in [5, 5.41) is 3.14. The molecule has 2 nitrogen and oxygen atoms in total. The number of ether oxygens (including phenoxy) is 1. The molecule has 0 aromatic rings. The molecular weight excluding hydrogens is 114 g/mol. The number of hydrogen-bond acceptors (Lipinski definition) is 2. The van der Waals surface area contributed by atoms with E-state index in [0.717, 1.165) is 0 Å². The van der Waals surface area contributed by atoms with Crippen molar-refractivity contribution in [1.29, 1.82) is 0 Å². The van der Waals surface area contributed by atoms with Gasteiger partial charge in [0.15, 0.2) is 0 Å². The van der Waals surface area contributed by atoms with Crippen molar-refractivity contribution >= 4 is 0 Å². The van der Waals surface area contributed by atoms with Crippen molar-refractivity contribution in [1.82, 2.24) is 5.32 Å². The van der Waals surface area contributed by atoms with Crippen LogP contribution in [0.2, 0.25) is 0 Å². The summed E-state index contributed by atoms with van der Waals surface area (Å²) in [6, 6.07) is 0.360. The third-order valence-electron chi connectivity index (χ3n) is 1.46. The zero-order valence-corrected chi connectivity index (χ0v) is 4.87. The van der Waals surface area contributed by atoms with Crippen LogP contribution in [0.25, 0.3) is 0 Å². The second-order valence-corrected chi connectivity index (χ2v) is 2.06. The van der Waals surface area contributed by atoms with Crippen molar-refractivity contribution in [3.63, 3.8) is 0 Å². The maximum absolute atomic E-state index is 4.95. The van der Waals surface area contributed by atoms with Crippen molar-refractivity contribution < 1.29 is 4.74 Å². The predicted molar refractivity (Wildman–Crippen MR) is 34.4 cm³/mol. The molecule has 46 valence electrons. The van der Waals surface area contributed by atoms with Gasteiger partial charge in [-0.1, -0.05) is 0 Å². The van der Waals surface area contributed by atoms with Gasteiger partial charge in [0.05, 0.1) is 18.6 Å². The Hall–Kier alpha value is -1.18. The molecule has 0 amide bonds. The second kappa shape index (κ2) is 1.65. The van der Waals surface area contributed by atoms with Gasteiger partial charge in [0.1, 0.15) is 0 Å². The zero-order chi connectivity index (χ0) is 6.10. The average molecular weight is 121 g/mol. The molecular formula is C7H7NO. The van der Waals surface area contributed by atoms with Crippen LogP contribution < -0.4 is 5.32 Å². The predicted octanol–water partition coefficient (Wildman–Crippen LogP) is 0.900. The topological polar surface area (TPSA) is 21.3 Å². The van der Waals surface area contributed by atoms with Gasteiger partial charge in [0.25, 0.3) is 0 Å². The van der Waals surface area contributed by atoms with Gasteiger partial charge in [-0.25, -0.2) is 0 Å². The summed E-state index contributed by atoms with van der Waals surface area (Å²) >= 11 is 0. The Balaban J connectivity index is 2.29. The van der Waals surface area contributed by atoms with E-state index in [4.69, 9.17) is 4.74 Å². The summed E-state index contributed by atoms with van der Waals surface area (Å²) in [7, 11) is 0. The number of fused-ring (bicyclic) bond motifs is 1. The Kier molecular flexibility index (Phi) is 0.859. The highest BCUT2D eigenvalue weighted by Crippen LogP contribution is 2.15. The molecule has 2 aliphatic heterocycles.